The predicted octanol–water partition coefficient (Wildman–Crippen LogP) is 3.33. The van der Waals surface area contributed by atoms with Crippen molar-refractivity contribution in [2.45, 2.75) is 26.7 Å². The molecule has 1 atom stereocenters. The summed E-state index contributed by atoms with van der Waals surface area (Å²) < 4.78 is 5.16. The SMILES string of the molecule is CCCC(C)COC(=O)c1ccc(Cl)nc1. The molecule has 0 radical (unpaired) electrons. The zero-order valence-corrected chi connectivity index (χ0v) is 10.3. The Morgan fingerprint density at radius 3 is 2.88 bits per heavy atom. The number of nitrogens with zero attached hydrogens (tertiary/aromatic N) is 1. The second-order valence-electron chi connectivity index (χ2n) is 3.86. The lowest BCUT2D eigenvalue weighted by molar-refractivity contribution is 0.0443. The molecule has 0 aliphatic carbocycles. The fraction of sp³-hybridized carbons (Fsp3) is 0.500. The first kappa shape index (κ1) is 13.0. The van der Waals surface area contributed by atoms with Crippen LogP contribution in [0.25, 0.3) is 0 Å². The molecule has 16 heavy (non-hydrogen) atoms. The quantitative estimate of drug-likeness (QED) is 0.586. The van der Waals surface area contributed by atoms with E-state index < -0.39 is 0 Å². The molecular weight excluding hydrogens is 226 g/mol. The minimum Gasteiger partial charge on any atom is -0.462 e. The summed E-state index contributed by atoms with van der Waals surface area (Å²) in [5.74, 6) is 0.0568. The van der Waals surface area contributed by atoms with Crippen LogP contribution in [0.3, 0.4) is 0 Å². The largest absolute Gasteiger partial charge is 0.462 e. The second-order valence-corrected chi connectivity index (χ2v) is 4.25. The van der Waals surface area contributed by atoms with Crippen LogP contribution < -0.4 is 0 Å². The lowest BCUT2D eigenvalue weighted by Gasteiger charge is -2.10. The van der Waals surface area contributed by atoms with Crippen molar-refractivity contribution in [3.63, 3.8) is 0 Å². The van der Waals surface area contributed by atoms with Crippen LogP contribution in [0.5, 0.6) is 0 Å². The first-order valence-electron chi connectivity index (χ1n) is 5.42. The number of carbonyl (C=O) groups is 1. The normalized spacial score (nSPS) is 12.2. The Labute approximate surface area is 101 Å². The summed E-state index contributed by atoms with van der Waals surface area (Å²) in [5, 5.41) is 0.371. The Hall–Kier alpha value is -1.09. The highest BCUT2D eigenvalue weighted by Gasteiger charge is 2.09. The van der Waals surface area contributed by atoms with E-state index in [1.165, 1.54) is 6.20 Å². The molecule has 0 aliphatic rings. The van der Waals surface area contributed by atoms with Gasteiger partial charge in [0, 0.05) is 6.20 Å². The van der Waals surface area contributed by atoms with Crippen molar-refractivity contribution < 1.29 is 9.53 Å². The van der Waals surface area contributed by atoms with Gasteiger partial charge in [0.05, 0.1) is 12.2 Å². The molecule has 1 rings (SSSR count). The maximum atomic E-state index is 11.6. The number of halogens is 1. The Balaban J connectivity index is 2.43. The van der Waals surface area contributed by atoms with E-state index in [9.17, 15) is 4.79 Å². The number of pyridine rings is 1. The van der Waals surface area contributed by atoms with Crippen molar-refractivity contribution in [1.29, 1.82) is 0 Å². The molecule has 0 bridgehead atoms. The molecule has 0 fully saturated rings. The second kappa shape index (κ2) is 6.48. The molecule has 4 heteroatoms. The summed E-state index contributed by atoms with van der Waals surface area (Å²) in [7, 11) is 0. The molecule has 0 amide bonds. The molecule has 1 aromatic rings. The zero-order valence-electron chi connectivity index (χ0n) is 9.57. The third kappa shape index (κ3) is 4.19. The van der Waals surface area contributed by atoms with Crippen LogP contribution in [0.1, 0.15) is 37.0 Å². The number of rotatable bonds is 5. The minimum absolute atomic E-state index is 0.341. The molecule has 1 unspecified atom stereocenters. The van der Waals surface area contributed by atoms with Gasteiger partial charge in [0.25, 0.3) is 0 Å². The molecule has 0 saturated heterocycles. The Morgan fingerprint density at radius 2 is 2.31 bits per heavy atom. The summed E-state index contributed by atoms with van der Waals surface area (Å²) in [5.41, 5.74) is 0.438. The molecule has 1 aromatic heterocycles. The summed E-state index contributed by atoms with van der Waals surface area (Å²) in [4.78, 5) is 15.4. The van der Waals surface area contributed by atoms with Gasteiger partial charge < -0.3 is 4.74 Å². The summed E-state index contributed by atoms with van der Waals surface area (Å²) >= 11 is 5.62. The average Bonchev–Trinajstić information content (AvgIpc) is 2.27. The standard InChI is InChI=1S/C12H16ClNO2/c1-3-4-9(2)8-16-12(15)10-5-6-11(13)14-7-10/h5-7,9H,3-4,8H2,1-2H3. The molecule has 0 N–H and O–H groups in total. The van der Waals surface area contributed by atoms with Crippen LogP contribution in [-0.4, -0.2) is 17.6 Å². The third-order valence-corrected chi connectivity index (χ3v) is 2.47. The van der Waals surface area contributed by atoms with Gasteiger partial charge in [0.2, 0.25) is 0 Å². The third-order valence-electron chi connectivity index (χ3n) is 2.24. The highest BCUT2D eigenvalue weighted by Crippen LogP contribution is 2.09. The number of hydrogen-bond donors (Lipinski definition) is 0. The molecule has 88 valence electrons. The molecule has 1 heterocycles. The van der Waals surface area contributed by atoms with Crippen molar-refractivity contribution in [2.24, 2.45) is 5.92 Å². The Kier molecular flexibility index (Phi) is 5.26. The monoisotopic (exact) mass is 241 g/mol. The summed E-state index contributed by atoms with van der Waals surface area (Å²) in [6, 6.07) is 3.19. The topological polar surface area (TPSA) is 39.2 Å². The van der Waals surface area contributed by atoms with E-state index in [1.807, 2.05) is 0 Å². The van der Waals surface area contributed by atoms with Crippen molar-refractivity contribution >= 4 is 17.6 Å². The van der Waals surface area contributed by atoms with Crippen LogP contribution in [0, 0.1) is 5.92 Å². The van der Waals surface area contributed by atoms with E-state index in [0.717, 1.165) is 12.8 Å². The highest BCUT2D eigenvalue weighted by atomic mass is 35.5. The van der Waals surface area contributed by atoms with Crippen LogP contribution in [0.2, 0.25) is 5.15 Å². The van der Waals surface area contributed by atoms with Crippen molar-refractivity contribution in [3.8, 4) is 0 Å². The zero-order chi connectivity index (χ0) is 12.0. The smallest absolute Gasteiger partial charge is 0.339 e. The van der Waals surface area contributed by atoms with Crippen molar-refractivity contribution in [3.05, 3.63) is 29.0 Å². The summed E-state index contributed by atoms with van der Waals surface area (Å²) in [6.07, 6.45) is 3.59. The first-order valence-corrected chi connectivity index (χ1v) is 5.80. The van der Waals surface area contributed by atoms with Gasteiger partial charge in [-0.05, 0) is 24.5 Å². The van der Waals surface area contributed by atoms with Gasteiger partial charge in [-0.3, -0.25) is 0 Å². The van der Waals surface area contributed by atoms with Gasteiger partial charge in [-0.2, -0.15) is 0 Å². The van der Waals surface area contributed by atoms with Crippen LogP contribution in [0.4, 0.5) is 0 Å². The molecule has 0 spiro atoms. The molecule has 0 saturated carbocycles. The molecular formula is C12H16ClNO2. The van der Waals surface area contributed by atoms with Gasteiger partial charge in [0.15, 0.2) is 0 Å². The maximum absolute atomic E-state index is 11.6. The van der Waals surface area contributed by atoms with E-state index in [4.69, 9.17) is 16.3 Å². The average molecular weight is 242 g/mol. The van der Waals surface area contributed by atoms with Crippen molar-refractivity contribution in [1.82, 2.24) is 4.98 Å². The number of hydrogen-bond acceptors (Lipinski definition) is 3. The molecule has 0 aromatic carbocycles. The van der Waals surface area contributed by atoms with Crippen LogP contribution in [0.15, 0.2) is 18.3 Å². The lowest BCUT2D eigenvalue weighted by Crippen LogP contribution is -2.12. The molecule has 3 nitrogen and oxygen atoms in total. The van der Waals surface area contributed by atoms with Gasteiger partial charge in [-0.15, -0.1) is 0 Å². The number of carbonyl (C=O) groups excluding carboxylic acids is 1. The van der Waals surface area contributed by atoms with E-state index >= 15 is 0 Å². The van der Waals surface area contributed by atoms with Crippen LogP contribution in [-0.2, 0) is 4.74 Å². The number of ether oxygens (including phenoxy) is 1. The molecule has 0 aliphatic heterocycles. The highest BCUT2D eigenvalue weighted by molar-refractivity contribution is 6.29. The van der Waals surface area contributed by atoms with E-state index in [0.29, 0.717) is 23.2 Å². The van der Waals surface area contributed by atoms with Gasteiger partial charge in [-0.1, -0.05) is 31.9 Å². The van der Waals surface area contributed by atoms with Crippen LogP contribution >= 0.6 is 11.6 Å². The predicted molar refractivity (Wildman–Crippen MR) is 63.6 cm³/mol. The fourth-order valence-electron chi connectivity index (χ4n) is 1.37. The van der Waals surface area contributed by atoms with Crippen molar-refractivity contribution in [2.75, 3.05) is 6.61 Å². The van der Waals surface area contributed by atoms with Gasteiger partial charge in [-0.25, -0.2) is 9.78 Å². The number of aromatic nitrogens is 1. The maximum Gasteiger partial charge on any atom is 0.339 e. The Morgan fingerprint density at radius 1 is 1.56 bits per heavy atom. The summed E-state index contributed by atoms with van der Waals surface area (Å²) in [6.45, 7) is 4.63. The number of esters is 1. The minimum atomic E-state index is -0.341. The van der Waals surface area contributed by atoms with Gasteiger partial charge in [0.1, 0.15) is 5.15 Å². The van der Waals surface area contributed by atoms with E-state index in [1.54, 1.807) is 12.1 Å². The lowest BCUT2D eigenvalue weighted by atomic mass is 10.1. The van der Waals surface area contributed by atoms with E-state index in [-0.39, 0.29) is 5.97 Å². The Bertz CT molecular complexity index is 337. The van der Waals surface area contributed by atoms with E-state index in [2.05, 4.69) is 18.8 Å². The first-order chi connectivity index (χ1) is 7.63. The van der Waals surface area contributed by atoms with Gasteiger partial charge >= 0.3 is 5.97 Å². The fourth-order valence-corrected chi connectivity index (χ4v) is 1.49.